The second kappa shape index (κ2) is 7.04. The fraction of sp³-hybridized carbons (Fsp3) is 0.550. The molecule has 0 bridgehead atoms. The highest BCUT2D eigenvalue weighted by molar-refractivity contribution is 7.89. The van der Waals surface area contributed by atoms with E-state index in [0.717, 1.165) is 25.9 Å². The number of benzene rings is 1. The van der Waals surface area contributed by atoms with Gasteiger partial charge >= 0.3 is 0 Å². The van der Waals surface area contributed by atoms with Gasteiger partial charge in [-0.1, -0.05) is 35.5 Å². The van der Waals surface area contributed by atoms with E-state index in [2.05, 4.69) is 34.3 Å². The Morgan fingerprint density at radius 1 is 1.00 bits per heavy atom. The molecule has 0 saturated carbocycles. The summed E-state index contributed by atoms with van der Waals surface area (Å²) in [7, 11) is -3.58. The van der Waals surface area contributed by atoms with Crippen LogP contribution < -0.4 is 0 Å². The van der Waals surface area contributed by atoms with Gasteiger partial charge in [-0.2, -0.15) is 4.31 Å². The number of nitrogens with zero attached hydrogens (tertiary/aromatic N) is 3. The molecule has 2 saturated heterocycles. The van der Waals surface area contributed by atoms with E-state index < -0.39 is 10.0 Å². The van der Waals surface area contributed by atoms with Crippen LogP contribution in [0, 0.1) is 13.8 Å². The van der Waals surface area contributed by atoms with E-state index in [4.69, 9.17) is 4.52 Å². The Hall–Kier alpha value is -1.70. The van der Waals surface area contributed by atoms with Crippen LogP contribution in [0.3, 0.4) is 0 Å². The molecule has 7 heteroatoms. The highest BCUT2D eigenvalue weighted by Crippen LogP contribution is 2.42. The van der Waals surface area contributed by atoms with Crippen LogP contribution in [0.5, 0.6) is 0 Å². The number of sulfonamides is 1. The topological polar surface area (TPSA) is 66.7 Å². The van der Waals surface area contributed by atoms with E-state index in [-0.39, 0.29) is 10.4 Å². The average Bonchev–Trinajstić information content (AvgIpc) is 3.33. The first-order chi connectivity index (χ1) is 12.9. The van der Waals surface area contributed by atoms with Crippen LogP contribution in [-0.2, 0) is 15.6 Å². The van der Waals surface area contributed by atoms with Gasteiger partial charge < -0.3 is 4.52 Å². The summed E-state index contributed by atoms with van der Waals surface area (Å²) in [5.74, 6) is 0.368. The largest absolute Gasteiger partial charge is 0.360 e. The second-order valence-corrected chi connectivity index (χ2v) is 9.52. The van der Waals surface area contributed by atoms with E-state index in [1.165, 1.54) is 18.4 Å². The van der Waals surface area contributed by atoms with Gasteiger partial charge in [0.2, 0.25) is 10.0 Å². The molecule has 0 unspecified atom stereocenters. The summed E-state index contributed by atoms with van der Waals surface area (Å²) in [6, 6.07) is 10.6. The molecule has 3 heterocycles. The third kappa shape index (κ3) is 3.11. The molecular formula is C20H27N3O3S. The molecule has 1 aromatic heterocycles. The van der Waals surface area contributed by atoms with Crippen LogP contribution in [-0.4, -0.2) is 49.0 Å². The predicted octanol–water partition coefficient (Wildman–Crippen LogP) is 3.07. The summed E-state index contributed by atoms with van der Waals surface area (Å²) in [5.41, 5.74) is 1.68. The zero-order valence-electron chi connectivity index (χ0n) is 16.0. The monoisotopic (exact) mass is 389 g/mol. The van der Waals surface area contributed by atoms with Crippen molar-refractivity contribution in [2.45, 2.75) is 50.0 Å². The van der Waals surface area contributed by atoms with E-state index in [0.29, 0.717) is 24.5 Å². The Morgan fingerprint density at radius 2 is 1.63 bits per heavy atom. The molecule has 0 atom stereocenters. The molecule has 0 amide bonds. The summed E-state index contributed by atoms with van der Waals surface area (Å²) in [4.78, 5) is 2.80. The van der Waals surface area contributed by atoms with Crippen LogP contribution in [0.2, 0.25) is 0 Å². The summed E-state index contributed by atoms with van der Waals surface area (Å²) in [5, 5.41) is 3.83. The molecule has 4 rings (SSSR count). The van der Waals surface area contributed by atoms with Gasteiger partial charge in [-0.05, 0) is 58.2 Å². The van der Waals surface area contributed by atoms with E-state index >= 15 is 0 Å². The normalized spacial score (nSPS) is 21.6. The fourth-order valence-electron chi connectivity index (χ4n) is 4.75. The molecule has 2 fully saturated rings. The number of aromatic nitrogens is 1. The molecule has 2 aromatic rings. The van der Waals surface area contributed by atoms with Crippen LogP contribution in [0.1, 0.15) is 42.7 Å². The third-order valence-electron chi connectivity index (χ3n) is 6.14. The Kier molecular flexibility index (Phi) is 4.86. The van der Waals surface area contributed by atoms with Crippen molar-refractivity contribution in [2.75, 3.05) is 26.2 Å². The number of hydrogen-bond donors (Lipinski definition) is 0. The molecular weight excluding hydrogens is 362 g/mol. The lowest BCUT2D eigenvalue weighted by Gasteiger charge is -2.47. The van der Waals surface area contributed by atoms with Crippen molar-refractivity contribution >= 4 is 10.0 Å². The van der Waals surface area contributed by atoms with E-state index in [9.17, 15) is 8.42 Å². The minimum atomic E-state index is -3.58. The van der Waals surface area contributed by atoms with Gasteiger partial charge in [-0.3, -0.25) is 4.90 Å². The minimum absolute atomic E-state index is 0.0669. The average molecular weight is 390 g/mol. The lowest BCUT2D eigenvalue weighted by Crippen LogP contribution is -2.53. The van der Waals surface area contributed by atoms with Gasteiger partial charge in [-0.25, -0.2) is 8.42 Å². The zero-order valence-corrected chi connectivity index (χ0v) is 16.8. The fourth-order valence-corrected chi connectivity index (χ4v) is 6.48. The maximum atomic E-state index is 13.2. The van der Waals surface area contributed by atoms with Crippen LogP contribution in [0.4, 0.5) is 0 Å². The summed E-state index contributed by atoms with van der Waals surface area (Å²) in [6.07, 6.45) is 4.05. The first-order valence-corrected chi connectivity index (χ1v) is 11.1. The highest BCUT2D eigenvalue weighted by atomic mass is 32.2. The molecule has 0 aliphatic carbocycles. The van der Waals surface area contributed by atoms with Crippen molar-refractivity contribution in [3.63, 3.8) is 0 Å². The number of rotatable bonds is 4. The van der Waals surface area contributed by atoms with Gasteiger partial charge in [0.05, 0.1) is 0 Å². The maximum absolute atomic E-state index is 13.2. The van der Waals surface area contributed by atoms with Crippen molar-refractivity contribution in [3.05, 3.63) is 47.3 Å². The molecule has 6 nitrogen and oxygen atoms in total. The van der Waals surface area contributed by atoms with E-state index in [1.807, 2.05) is 6.07 Å². The van der Waals surface area contributed by atoms with Crippen molar-refractivity contribution in [1.82, 2.24) is 14.4 Å². The molecule has 2 aliphatic rings. The van der Waals surface area contributed by atoms with Crippen LogP contribution >= 0.6 is 0 Å². The molecule has 0 radical (unpaired) electrons. The van der Waals surface area contributed by atoms with Crippen molar-refractivity contribution in [2.24, 2.45) is 0 Å². The summed E-state index contributed by atoms with van der Waals surface area (Å²) < 4.78 is 33.1. The standard InChI is InChI=1S/C20H27N3O3S/c1-16-19(17(2)26-21-16)27(24,25)23-14-10-20(11-15-23,22-12-6-7-13-22)18-8-4-3-5-9-18/h3-5,8-9H,6-7,10-15H2,1-2H3. The summed E-state index contributed by atoms with van der Waals surface area (Å²) in [6.45, 7) is 6.55. The number of piperidine rings is 1. The van der Waals surface area contributed by atoms with Crippen molar-refractivity contribution in [3.8, 4) is 0 Å². The Labute approximate surface area is 161 Å². The summed E-state index contributed by atoms with van der Waals surface area (Å²) >= 11 is 0. The number of hydrogen-bond acceptors (Lipinski definition) is 5. The van der Waals surface area contributed by atoms with Crippen molar-refractivity contribution < 1.29 is 12.9 Å². The van der Waals surface area contributed by atoms with Gasteiger partial charge in [0.15, 0.2) is 5.76 Å². The second-order valence-electron chi connectivity index (χ2n) is 7.65. The molecule has 1 aromatic carbocycles. The van der Waals surface area contributed by atoms with E-state index in [1.54, 1.807) is 18.2 Å². The zero-order chi connectivity index (χ0) is 19.1. The lowest BCUT2D eigenvalue weighted by atomic mass is 9.80. The van der Waals surface area contributed by atoms with Crippen LogP contribution in [0.25, 0.3) is 0 Å². The SMILES string of the molecule is Cc1noc(C)c1S(=O)(=O)N1CCC(c2ccccc2)(N2CCCC2)CC1. The Bertz CT molecular complexity index is 874. The smallest absolute Gasteiger partial charge is 0.248 e. The van der Waals surface area contributed by atoms with Crippen molar-refractivity contribution in [1.29, 1.82) is 0 Å². The van der Waals surface area contributed by atoms with Gasteiger partial charge in [0.1, 0.15) is 10.6 Å². The first kappa shape index (κ1) is 18.7. The third-order valence-corrected chi connectivity index (χ3v) is 8.28. The highest BCUT2D eigenvalue weighted by Gasteiger charge is 2.45. The number of aryl methyl sites for hydroxylation is 2. The maximum Gasteiger partial charge on any atom is 0.248 e. The number of likely N-dealkylation sites (tertiary alicyclic amines) is 1. The molecule has 2 aliphatic heterocycles. The van der Waals surface area contributed by atoms with Gasteiger partial charge in [-0.15, -0.1) is 0 Å². The predicted molar refractivity (Wildman–Crippen MR) is 103 cm³/mol. The minimum Gasteiger partial charge on any atom is -0.360 e. The quantitative estimate of drug-likeness (QED) is 0.804. The molecule has 27 heavy (non-hydrogen) atoms. The van der Waals surface area contributed by atoms with Gasteiger partial charge in [0.25, 0.3) is 0 Å². The Morgan fingerprint density at radius 3 is 2.19 bits per heavy atom. The first-order valence-electron chi connectivity index (χ1n) is 9.69. The molecule has 146 valence electrons. The molecule has 0 N–H and O–H groups in total. The van der Waals surface area contributed by atoms with Crippen LogP contribution in [0.15, 0.2) is 39.8 Å². The lowest BCUT2D eigenvalue weighted by molar-refractivity contribution is 0.0572. The molecule has 0 spiro atoms. The van der Waals surface area contributed by atoms with Gasteiger partial charge in [0, 0.05) is 18.6 Å². The Balaban J connectivity index is 1.62.